The Kier molecular flexibility index (Phi) is 5.72. The van der Waals surface area contributed by atoms with Gasteiger partial charge < -0.3 is 26.0 Å². The van der Waals surface area contributed by atoms with Crippen molar-refractivity contribution in [3.63, 3.8) is 0 Å². The molecule has 4 heterocycles. The van der Waals surface area contributed by atoms with Crippen LogP contribution in [0.5, 0.6) is 5.75 Å². The molecule has 5 aliphatic rings. The van der Waals surface area contributed by atoms with Crippen molar-refractivity contribution in [1.82, 2.24) is 21.3 Å². The number of benzene rings is 1. The third-order valence-corrected chi connectivity index (χ3v) is 8.79. The van der Waals surface area contributed by atoms with E-state index in [-0.39, 0.29) is 35.3 Å². The van der Waals surface area contributed by atoms with Crippen LogP contribution in [0.1, 0.15) is 38.5 Å². The van der Waals surface area contributed by atoms with Crippen molar-refractivity contribution >= 4 is 29.4 Å². The molecule has 33 heavy (non-hydrogen) atoms. The monoisotopic (exact) mass is 469 g/mol. The van der Waals surface area contributed by atoms with Gasteiger partial charge in [0, 0.05) is 36.0 Å². The van der Waals surface area contributed by atoms with Gasteiger partial charge in [-0.15, -0.1) is 0 Å². The molecule has 3 amide bonds. The van der Waals surface area contributed by atoms with Gasteiger partial charge >= 0.3 is 6.03 Å². The molecule has 8 nitrogen and oxygen atoms in total. The highest BCUT2D eigenvalue weighted by molar-refractivity contribution is 8.04. The van der Waals surface area contributed by atoms with E-state index in [9.17, 15) is 9.59 Å². The fourth-order valence-electron chi connectivity index (χ4n) is 5.54. The molecule has 4 aliphatic heterocycles. The van der Waals surface area contributed by atoms with Crippen molar-refractivity contribution in [3.05, 3.63) is 34.9 Å². The van der Waals surface area contributed by atoms with Crippen molar-refractivity contribution in [2.75, 3.05) is 24.5 Å². The number of amides is 3. The van der Waals surface area contributed by atoms with Crippen LogP contribution in [0, 0.1) is 5.92 Å². The lowest BCUT2D eigenvalue weighted by Gasteiger charge is -2.45. The number of piperidine rings is 2. The van der Waals surface area contributed by atoms with E-state index in [2.05, 4.69) is 21.3 Å². The van der Waals surface area contributed by atoms with Crippen LogP contribution in [-0.4, -0.2) is 55.1 Å². The molecule has 9 heteroatoms. The third-order valence-electron chi connectivity index (χ3n) is 7.43. The zero-order chi connectivity index (χ0) is 22.4. The van der Waals surface area contributed by atoms with E-state index < -0.39 is 0 Å². The van der Waals surface area contributed by atoms with Crippen LogP contribution in [0.2, 0.25) is 0 Å². The number of nitrogens with zero attached hydrogens (tertiary/aromatic N) is 1. The molecule has 1 saturated carbocycles. The first-order chi connectivity index (χ1) is 16.2. The number of nitrogens with one attached hydrogen (secondary N) is 4. The molecule has 0 radical (unpaired) electrons. The molecule has 0 bridgehead atoms. The first-order valence-electron chi connectivity index (χ1n) is 12.2. The summed E-state index contributed by atoms with van der Waals surface area (Å²) in [5.41, 5.74) is 1.64. The van der Waals surface area contributed by atoms with Gasteiger partial charge in [0.2, 0.25) is 0 Å². The standard InChI is InChI=1S/C24H31N5O3S/c30-22(27-14-4-3-10-25-13-14)21-20-19-18(9-11-26-23(19)33-21)29(24(31)28-20)15-5-1-8-17(12-15)32-16-6-2-7-16/h1,5,8,12,14,16,18-19,23,25-26H,2-4,6-7,9-11,13H2,(H,27,30)(H,28,31)/t14-,18?,19?,23?/m1/s1. The molecule has 176 valence electrons. The van der Waals surface area contributed by atoms with E-state index in [1.165, 1.54) is 6.42 Å². The lowest BCUT2D eigenvalue weighted by Crippen LogP contribution is -2.62. The van der Waals surface area contributed by atoms with Crippen LogP contribution in [0.3, 0.4) is 0 Å². The Morgan fingerprint density at radius 2 is 2.06 bits per heavy atom. The Morgan fingerprint density at radius 1 is 1.15 bits per heavy atom. The van der Waals surface area contributed by atoms with Crippen molar-refractivity contribution in [1.29, 1.82) is 0 Å². The van der Waals surface area contributed by atoms with E-state index in [0.717, 1.165) is 68.9 Å². The maximum Gasteiger partial charge on any atom is 0.326 e. The minimum absolute atomic E-state index is 0.00750. The zero-order valence-electron chi connectivity index (χ0n) is 18.6. The molecule has 1 aliphatic carbocycles. The van der Waals surface area contributed by atoms with Gasteiger partial charge in [-0.1, -0.05) is 17.8 Å². The largest absolute Gasteiger partial charge is 0.490 e. The lowest BCUT2D eigenvalue weighted by molar-refractivity contribution is -0.117. The SMILES string of the molecule is O=C(N[C@@H]1CCCNC1)C1=C2NC(=O)N(c3cccc(OC4CCC4)c3)C3CCNC(S1)C23. The van der Waals surface area contributed by atoms with Crippen LogP contribution in [0.25, 0.3) is 0 Å². The van der Waals surface area contributed by atoms with Gasteiger partial charge in [0.05, 0.1) is 22.4 Å². The maximum atomic E-state index is 13.4. The number of urea groups is 1. The van der Waals surface area contributed by atoms with E-state index in [1.54, 1.807) is 11.8 Å². The maximum absolute atomic E-state index is 13.4. The molecular weight excluding hydrogens is 438 g/mol. The molecule has 4 fully saturated rings. The normalized spacial score (nSPS) is 31.5. The molecule has 4 atom stereocenters. The molecular formula is C24H31N5O3S. The number of hydrogen-bond donors (Lipinski definition) is 4. The van der Waals surface area contributed by atoms with Gasteiger partial charge in [0.25, 0.3) is 5.91 Å². The predicted octanol–water partition coefficient (Wildman–Crippen LogP) is 2.28. The fraction of sp³-hybridized carbons (Fsp3) is 0.583. The molecule has 3 saturated heterocycles. The second-order valence-corrected chi connectivity index (χ2v) is 10.8. The summed E-state index contributed by atoms with van der Waals surface area (Å²) in [4.78, 5) is 29.1. The second-order valence-electron chi connectivity index (χ2n) is 9.60. The van der Waals surface area contributed by atoms with Gasteiger partial charge in [-0.2, -0.15) is 0 Å². The van der Waals surface area contributed by atoms with Crippen molar-refractivity contribution < 1.29 is 14.3 Å². The number of anilines is 1. The highest BCUT2D eigenvalue weighted by atomic mass is 32.2. The highest BCUT2D eigenvalue weighted by Crippen LogP contribution is 2.48. The highest BCUT2D eigenvalue weighted by Gasteiger charge is 2.51. The summed E-state index contributed by atoms with van der Waals surface area (Å²) >= 11 is 1.56. The number of carbonyl (C=O) groups excluding carboxylic acids is 2. The molecule has 0 spiro atoms. The molecule has 6 rings (SSSR count). The van der Waals surface area contributed by atoms with Gasteiger partial charge in [0.15, 0.2) is 0 Å². The molecule has 3 unspecified atom stereocenters. The Balaban J connectivity index is 1.25. The van der Waals surface area contributed by atoms with Crippen LogP contribution in [-0.2, 0) is 4.79 Å². The van der Waals surface area contributed by atoms with Gasteiger partial charge in [-0.25, -0.2) is 4.79 Å². The summed E-state index contributed by atoms with van der Waals surface area (Å²) in [6, 6.07) is 7.86. The first kappa shape index (κ1) is 21.3. The van der Waals surface area contributed by atoms with Crippen molar-refractivity contribution in [2.24, 2.45) is 5.92 Å². The average Bonchev–Trinajstić information content (AvgIpc) is 3.17. The van der Waals surface area contributed by atoms with E-state index in [0.29, 0.717) is 11.0 Å². The number of hydrogen-bond acceptors (Lipinski definition) is 6. The van der Waals surface area contributed by atoms with Crippen LogP contribution in [0.4, 0.5) is 10.5 Å². The number of ether oxygens (including phenoxy) is 1. The van der Waals surface area contributed by atoms with E-state index in [1.807, 2.05) is 29.2 Å². The van der Waals surface area contributed by atoms with Gasteiger partial charge in [-0.3, -0.25) is 9.69 Å². The second kappa shape index (κ2) is 8.85. The quantitative estimate of drug-likeness (QED) is 0.529. The minimum atomic E-state index is -0.167. The lowest BCUT2D eigenvalue weighted by atomic mass is 9.86. The summed E-state index contributed by atoms with van der Waals surface area (Å²) in [7, 11) is 0. The van der Waals surface area contributed by atoms with E-state index in [4.69, 9.17) is 4.74 Å². The van der Waals surface area contributed by atoms with Crippen LogP contribution < -0.4 is 30.9 Å². The summed E-state index contributed by atoms with van der Waals surface area (Å²) in [5, 5.41) is 13.3. The van der Waals surface area contributed by atoms with Crippen LogP contribution in [0.15, 0.2) is 34.9 Å². The summed E-state index contributed by atoms with van der Waals surface area (Å²) < 4.78 is 6.09. The predicted molar refractivity (Wildman–Crippen MR) is 128 cm³/mol. The fourth-order valence-corrected chi connectivity index (χ4v) is 6.94. The minimum Gasteiger partial charge on any atom is -0.490 e. The smallest absolute Gasteiger partial charge is 0.326 e. The Morgan fingerprint density at radius 3 is 2.85 bits per heavy atom. The molecule has 0 aromatic heterocycles. The Labute approximate surface area is 198 Å². The van der Waals surface area contributed by atoms with Gasteiger partial charge in [0.1, 0.15) is 5.75 Å². The first-order valence-corrected chi connectivity index (χ1v) is 13.1. The van der Waals surface area contributed by atoms with E-state index >= 15 is 0 Å². The Hall–Kier alpha value is -2.23. The summed E-state index contributed by atoms with van der Waals surface area (Å²) in [6.45, 7) is 2.62. The molecule has 4 N–H and O–H groups in total. The zero-order valence-corrected chi connectivity index (χ0v) is 19.5. The summed E-state index contributed by atoms with van der Waals surface area (Å²) in [6.07, 6.45) is 6.59. The van der Waals surface area contributed by atoms with Crippen molar-refractivity contribution in [3.8, 4) is 5.75 Å². The molecule has 1 aromatic rings. The Bertz CT molecular complexity index is 975. The number of carbonyl (C=O) groups is 2. The topological polar surface area (TPSA) is 94.7 Å². The average molecular weight is 470 g/mol. The molecule has 1 aromatic carbocycles. The number of thioether (sulfide) groups is 1. The number of rotatable bonds is 5. The van der Waals surface area contributed by atoms with Crippen LogP contribution >= 0.6 is 11.8 Å². The van der Waals surface area contributed by atoms with Crippen molar-refractivity contribution in [2.45, 2.75) is 62.1 Å². The van der Waals surface area contributed by atoms with Gasteiger partial charge in [-0.05, 0) is 63.7 Å². The third kappa shape index (κ3) is 4.00. The summed E-state index contributed by atoms with van der Waals surface area (Å²) in [5.74, 6) is 0.810.